The molecule has 0 aliphatic rings. The van der Waals surface area contributed by atoms with Crippen LogP contribution in [0, 0.1) is 0 Å². The van der Waals surface area contributed by atoms with Crippen LogP contribution in [0.2, 0.25) is 0 Å². The maximum absolute atomic E-state index is 2.41. The summed E-state index contributed by atoms with van der Waals surface area (Å²) in [7, 11) is 0. The Bertz CT molecular complexity index is 2060. The molecule has 8 rings (SSSR count). The Morgan fingerprint density at radius 3 is 1.72 bits per heavy atom. The van der Waals surface area contributed by atoms with E-state index in [-0.39, 0.29) is 0 Å². The minimum absolute atomic E-state index is 1.13. The summed E-state index contributed by atoms with van der Waals surface area (Å²) in [6.07, 6.45) is 0. The van der Waals surface area contributed by atoms with E-state index in [1.807, 2.05) is 11.3 Å². The topological polar surface area (TPSA) is 8.17 Å². The summed E-state index contributed by atoms with van der Waals surface area (Å²) in [4.78, 5) is 2.30. The Kier molecular flexibility index (Phi) is 5.04. The van der Waals surface area contributed by atoms with Gasteiger partial charge in [0.2, 0.25) is 0 Å². The predicted molar refractivity (Wildman–Crippen MR) is 168 cm³/mol. The van der Waals surface area contributed by atoms with Crippen molar-refractivity contribution in [2.75, 3.05) is 4.90 Å². The number of benzene rings is 6. The highest BCUT2D eigenvalue weighted by molar-refractivity contribution is 7.25. The van der Waals surface area contributed by atoms with Crippen LogP contribution >= 0.6 is 11.3 Å². The standard InChI is InChI=1S/C36H24N2S/c1-3-11-25(12-4-1)37(26-13-5-2-6-14-26)27-19-21-28(22-20-27)38-33-17-9-7-15-29(33)31-24-36-32(23-34(31)38)30-16-8-10-18-35(30)39-36/h1-24H. The molecule has 0 aliphatic heterocycles. The van der Waals surface area contributed by atoms with Crippen LogP contribution in [0.5, 0.6) is 0 Å². The lowest BCUT2D eigenvalue weighted by molar-refractivity contribution is 1.17. The molecule has 0 spiro atoms. The summed E-state index contributed by atoms with van der Waals surface area (Å²) in [5, 5.41) is 5.23. The van der Waals surface area contributed by atoms with Gasteiger partial charge in [0.15, 0.2) is 0 Å². The minimum atomic E-state index is 1.13. The highest BCUT2D eigenvalue weighted by Gasteiger charge is 2.16. The van der Waals surface area contributed by atoms with Crippen LogP contribution in [0.3, 0.4) is 0 Å². The fourth-order valence-corrected chi connectivity index (χ4v) is 6.94. The first-order chi connectivity index (χ1) is 19.3. The molecule has 39 heavy (non-hydrogen) atoms. The SMILES string of the molecule is c1ccc(N(c2ccccc2)c2ccc(-n3c4ccccc4c4cc5sc6ccccc6c5cc43)cc2)cc1. The summed E-state index contributed by atoms with van der Waals surface area (Å²) in [6.45, 7) is 0. The van der Waals surface area contributed by atoms with Crippen LogP contribution in [-0.2, 0) is 0 Å². The number of rotatable bonds is 4. The Labute approximate surface area is 230 Å². The smallest absolute Gasteiger partial charge is 0.0548 e. The molecule has 0 saturated heterocycles. The fourth-order valence-electron chi connectivity index (χ4n) is 5.82. The Balaban J connectivity index is 1.33. The van der Waals surface area contributed by atoms with Crippen molar-refractivity contribution in [3.8, 4) is 5.69 Å². The van der Waals surface area contributed by atoms with Crippen LogP contribution in [-0.4, -0.2) is 4.57 Å². The zero-order valence-electron chi connectivity index (χ0n) is 21.2. The van der Waals surface area contributed by atoms with Crippen LogP contribution in [0.15, 0.2) is 146 Å². The van der Waals surface area contributed by atoms with Gasteiger partial charge in [-0.1, -0.05) is 72.8 Å². The van der Waals surface area contributed by atoms with Crippen molar-refractivity contribution in [2.45, 2.75) is 0 Å². The lowest BCUT2D eigenvalue weighted by atomic mass is 10.1. The monoisotopic (exact) mass is 516 g/mol. The van der Waals surface area contributed by atoms with Gasteiger partial charge < -0.3 is 9.47 Å². The Hall–Kier alpha value is -4.86. The molecule has 0 radical (unpaired) electrons. The van der Waals surface area contributed by atoms with Gasteiger partial charge in [-0.3, -0.25) is 0 Å². The molecule has 0 amide bonds. The Morgan fingerprint density at radius 2 is 1.00 bits per heavy atom. The molecule has 0 unspecified atom stereocenters. The average Bonchev–Trinajstić information content (AvgIpc) is 3.53. The van der Waals surface area contributed by atoms with Gasteiger partial charge in [-0.2, -0.15) is 0 Å². The lowest BCUT2D eigenvalue weighted by Gasteiger charge is -2.25. The molecule has 0 bridgehead atoms. The molecule has 0 saturated carbocycles. The van der Waals surface area contributed by atoms with E-state index >= 15 is 0 Å². The number of fused-ring (bicyclic) bond motifs is 6. The summed E-state index contributed by atoms with van der Waals surface area (Å²) < 4.78 is 5.08. The van der Waals surface area contributed by atoms with Gasteiger partial charge in [0.1, 0.15) is 0 Å². The second kappa shape index (κ2) is 8.87. The van der Waals surface area contributed by atoms with Gasteiger partial charge in [0, 0.05) is 53.7 Å². The number of anilines is 3. The van der Waals surface area contributed by atoms with Crippen LogP contribution < -0.4 is 4.90 Å². The van der Waals surface area contributed by atoms with E-state index in [1.54, 1.807) is 0 Å². The molecule has 184 valence electrons. The summed E-state index contributed by atoms with van der Waals surface area (Å²) >= 11 is 1.88. The third-order valence-electron chi connectivity index (χ3n) is 7.57. The van der Waals surface area contributed by atoms with E-state index in [1.165, 1.54) is 42.0 Å². The first kappa shape index (κ1) is 22.2. The van der Waals surface area contributed by atoms with E-state index in [9.17, 15) is 0 Å². The molecule has 8 aromatic rings. The maximum atomic E-state index is 2.41. The van der Waals surface area contributed by atoms with Crippen molar-refractivity contribution in [3.05, 3.63) is 146 Å². The minimum Gasteiger partial charge on any atom is -0.311 e. The molecule has 2 aromatic heterocycles. The molecule has 0 aliphatic carbocycles. The summed E-state index contributed by atoms with van der Waals surface area (Å²) in [5.74, 6) is 0. The molecule has 3 heteroatoms. The van der Waals surface area contributed by atoms with Crippen molar-refractivity contribution in [1.82, 2.24) is 4.57 Å². The van der Waals surface area contributed by atoms with Crippen molar-refractivity contribution < 1.29 is 0 Å². The molecular formula is C36H24N2S. The summed E-state index contributed by atoms with van der Waals surface area (Å²) in [5.41, 5.74) is 7.03. The van der Waals surface area contributed by atoms with E-state index in [4.69, 9.17) is 0 Å². The average molecular weight is 517 g/mol. The van der Waals surface area contributed by atoms with E-state index in [0.717, 1.165) is 22.7 Å². The second-order valence-electron chi connectivity index (χ2n) is 9.84. The van der Waals surface area contributed by atoms with Crippen molar-refractivity contribution >= 4 is 70.4 Å². The van der Waals surface area contributed by atoms with Gasteiger partial charge in [0.25, 0.3) is 0 Å². The fraction of sp³-hybridized carbons (Fsp3) is 0. The number of nitrogens with zero attached hydrogens (tertiary/aromatic N) is 2. The predicted octanol–water partition coefficient (Wildman–Crippen LogP) is 10.6. The van der Waals surface area contributed by atoms with E-state index in [2.05, 4.69) is 155 Å². The highest BCUT2D eigenvalue weighted by Crippen LogP contribution is 2.41. The highest BCUT2D eigenvalue weighted by atomic mass is 32.1. The molecular weight excluding hydrogens is 492 g/mol. The number of para-hydroxylation sites is 3. The molecule has 2 heterocycles. The molecule has 6 aromatic carbocycles. The molecule has 2 nitrogen and oxygen atoms in total. The van der Waals surface area contributed by atoms with Gasteiger partial charge in [-0.25, -0.2) is 0 Å². The van der Waals surface area contributed by atoms with Crippen LogP contribution in [0.25, 0.3) is 47.7 Å². The van der Waals surface area contributed by atoms with Crippen LogP contribution in [0.1, 0.15) is 0 Å². The van der Waals surface area contributed by atoms with Crippen molar-refractivity contribution in [3.63, 3.8) is 0 Å². The molecule has 0 fully saturated rings. The third-order valence-corrected chi connectivity index (χ3v) is 8.70. The number of aromatic nitrogens is 1. The Morgan fingerprint density at radius 1 is 0.410 bits per heavy atom. The first-order valence-electron chi connectivity index (χ1n) is 13.2. The first-order valence-corrected chi connectivity index (χ1v) is 14.0. The van der Waals surface area contributed by atoms with Crippen molar-refractivity contribution in [2.24, 2.45) is 0 Å². The van der Waals surface area contributed by atoms with Gasteiger partial charge >= 0.3 is 0 Å². The number of thiophene rings is 1. The quantitative estimate of drug-likeness (QED) is 0.226. The zero-order chi connectivity index (χ0) is 25.8. The van der Waals surface area contributed by atoms with Gasteiger partial charge in [0.05, 0.1) is 11.0 Å². The van der Waals surface area contributed by atoms with E-state index in [0.29, 0.717) is 0 Å². The molecule has 0 atom stereocenters. The number of hydrogen-bond donors (Lipinski definition) is 0. The lowest BCUT2D eigenvalue weighted by Crippen LogP contribution is -2.09. The van der Waals surface area contributed by atoms with Crippen LogP contribution in [0.4, 0.5) is 17.1 Å². The molecule has 0 N–H and O–H groups in total. The van der Waals surface area contributed by atoms with E-state index < -0.39 is 0 Å². The van der Waals surface area contributed by atoms with Gasteiger partial charge in [-0.05, 0) is 72.8 Å². The number of hydrogen-bond acceptors (Lipinski definition) is 2. The van der Waals surface area contributed by atoms with Gasteiger partial charge in [-0.15, -0.1) is 11.3 Å². The largest absolute Gasteiger partial charge is 0.311 e. The van der Waals surface area contributed by atoms with Crippen molar-refractivity contribution in [1.29, 1.82) is 0 Å². The summed E-state index contributed by atoms with van der Waals surface area (Å²) in [6, 6.07) is 52.3. The normalized spacial score (nSPS) is 11.6. The zero-order valence-corrected chi connectivity index (χ0v) is 22.0. The third kappa shape index (κ3) is 3.55. The second-order valence-corrected chi connectivity index (χ2v) is 10.9. The maximum Gasteiger partial charge on any atom is 0.0548 e.